The molecule has 1 aliphatic heterocycles. The second-order valence-corrected chi connectivity index (χ2v) is 7.10. The highest BCUT2D eigenvalue weighted by molar-refractivity contribution is 6.01. The molecule has 1 saturated heterocycles. The Labute approximate surface area is 189 Å². The number of amides is 2. The predicted molar refractivity (Wildman–Crippen MR) is 117 cm³/mol. The molecule has 1 N–H and O–H groups in total. The van der Waals surface area contributed by atoms with Crippen molar-refractivity contribution in [3.05, 3.63) is 52.6 Å². The van der Waals surface area contributed by atoms with E-state index < -0.39 is 29.3 Å². The van der Waals surface area contributed by atoms with E-state index in [0.29, 0.717) is 23.8 Å². The van der Waals surface area contributed by atoms with E-state index in [1.54, 1.807) is 24.3 Å². The van der Waals surface area contributed by atoms with Gasteiger partial charge in [-0.2, -0.15) is 0 Å². The zero-order chi connectivity index (χ0) is 24.0. The third kappa shape index (κ3) is 5.56. The maximum Gasteiger partial charge on any atom is 0.311 e. The highest BCUT2D eigenvalue weighted by Gasteiger charge is 2.37. The van der Waals surface area contributed by atoms with E-state index >= 15 is 0 Å². The number of benzene rings is 2. The number of rotatable bonds is 9. The molecule has 11 nitrogen and oxygen atoms in total. The van der Waals surface area contributed by atoms with Crippen molar-refractivity contribution in [3.8, 4) is 11.5 Å². The van der Waals surface area contributed by atoms with E-state index in [9.17, 15) is 24.5 Å². The molecule has 0 unspecified atom stereocenters. The van der Waals surface area contributed by atoms with Gasteiger partial charge in [-0.05, 0) is 25.1 Å². The summed E-state index contributed by atoms with van der Waals surface area (Å²) in [6, 6.07) is 10.9. The fourth-order valence-corrected chi connectivity index (χ4v) is 3.40. The lowest BCUT2D eigenvalue weighted by Crippen LogP contribution is -2.28. The molecule has 0 bridgehead atoms. The average molecular weight is 457 g/mol. The number of hydrogen-bond acceptors (Lipinski definition) is 8. The van der Waals surface area contributed by atoms with E-state index in [-0.39, 0.29) is 30.2 Å². The number of carbonyl (C=O) groups excluding carboxylic acids is 3. The van der Waals surface area contributed by atoms with Crippen LogP contribution in [0, 0.1) is 16.0 Å². The topological polar surface area (TPSA) is 137 Å². The van der Waals surface area contributed by atoms with Gasteiger partial charge in [-0.15, -0.1) is 0 Å². The van der Waals surface area contributed by atoms with Crippen LogP contribution in [0.4, 0.5) is 17.1 Å². The highest BCUT2D eigenvalue weighted by Crippen LogP contribution is 2.33. The third-order valence-electron chi connectivity index (χ3n) is 4.93. The Bertz CT molecular complexity index is 1070. The minimum Gasteiger partial charge on any atom is -0.497 e. The Balaban J connectivity index is 1.60. The number of anilines is 2. The summed E-state index contributed by atoms with van der Waals surface area (Å²) in [5, 5.41) is 13.5. The molecule has 2 amide bonds. The van der Waals surface area contributed by atoms with Crippen molar-refractivity contribution in [2.75, 3.05) is 37.1 Å². The predicted octanol–water partition coefficient (Wildman–Crippen LogP) is 2.54. The van der Waals surface area contributed by atoms with Gasteiger partial charge in [-0.3, -0.25) is 24.5 Å². The Hall–Kier alpha value is -4.15. The average Bonchev–Trinajstić information content (AvgIpc) is 3.19. The Morgan fingerprint density at radius 1 is 1.24 bits per heavy atom. The maximum atomic E-state index is 12.5. The lowest BCUT2D eigenvalue weighted by Gasteiger charge is -2.19. The second-order valence-electron chi connectivity index (χ2n) is 7.10. The molecule has 0 aromatic heterocycles. The lowest BCUT2D eigenvalue weighted by molar-refractivity contribution is -0.383. The number of nitrogens with one attached hydrogen (secondary N) is 1. The zero-order valence-corrected chi connectivity index (χ0v) is 18.1. The summed E-state index contributed by atoms with van der Waals surface area (Å²) >= 11 is 0. The molecule has 0 aliphatic carbocycles. The molecule has 1 aliphatic rings. The van der Waals surface area contributed by atoms with Crippen LogP contribution in [0.1, 0.15) is 13.3 Å². The van der Waals surface area contributed by atoms with Gasteiger partial charge < -0.3 is 24.4 Å². The smallest absolute Gasteiger partial charge is 0.311 e. The van der Waals surface area contributed by atoms with Gasteiger partial charge in [0, 0.05) is 25.1 Å². The normalized spacial score (nSPS) is 15.2. The molecule has 2 aromatic carbocycles. The van der Waals surface area contributed by atoms with Crippen molar-refractivity contribution in [1.82, 2.24) is 0 Å². The summed E-state index contributed by atoms with van der Waals surface area (Å²) < 4.78 is 15.6. The minimum atomic E-state index is -0.762. The Kier molecular flexibility index (Phi) is 7.44. The van der Waals surface area contributed by atoms with Crippen LogP contribution in [0.5, 0.6) is 11.5 Å². The van der Waals surface area contributed by atoms with Crippen LogP contribution in [0.25, 0.3) is 0 Å². The maximum absolute atomic E-state index is 12.5. The molecular formula is C22H23N3O8. The molecule has 2 aromatic rings. The molecule has 1 atom stereocenters. The molecule has 11 heteroatoms. The first kappa shape index (κ1) is 23.5. The molecule has 0 spiro atoms. The van der Waals surface area contributed by atoms with Crippen molar-refractivity contribution in [3.63, 3.8) is 0 Å². The van der Waals surface area contributed by atoms with Crippen LogP contribution in [-0.2, 0) is 19.1 Å². The number of nitrogens with zero attached hydrogens (tertiary/aromatic N) is 2. The number of methoxy groups -OCH3 is 1. The molecular weight excluding hydrogens is 434 g/mol. The molecule has 3 rings (SSSR count). The first-order chi connectivity index (χ1) is 15.8. The number of hydrogen-bond donors (Lipinski definition) is 1. The van der Waals surface area contributed by atoms with E-state index in [4.69, 9.17) is 14.2 Å². The van der Waals surface area contributed by atoms with Crippen molar-refractivity contribution in [2.24, 2.45) is 5.92 Å². The van der Waals surface area contributed by atoms with Gasteiger partial charge in [0.1, 0.15) is 17.2 Å². The summed E-state index contributed by atoms with van der Waals surface area (Å²) in [5.41, 5.74) is 0.137. The first-order valence-corrected chi connectivity index (χ1v) is 10.1. The first-order valence-electron chi connectivity index (χ1n) is 10.1. The van der Waals surface area contributed by atoms with Gasteiger partial charge in [0.25, 0.3) is 11.6 Å². The molecule has 1 fully saturated rings. The van der Waals surface area contributed by atoms with Crippen LogP contribution >= 0.6 is 0 Å². The lowest BCUT2D eigenvalue weighted by atomic mass is 10.1. The van der Waals surface area contributed by atoms with Crippen molar-refractivity contribution in [2.45, 2.75) is 13.3 Å². The number of carbonyl (C=O) groups is 3. The Morgan fingerprint density at radius 3 is 2.70 bits per heavy atom. The van der Waals surface area contributed by atoms with Gasteiger partial charge in [-0.1, -0.05) is 12.1 Å². The van der Waals surface area contributed by atoms with Crippen LogP contribution < -0.4 is 19.7 Å². The largest absolute Gasteiger partial charge is 0.497 e. The van der Waals surface area contributed by atoms with E-state index in [1.807, 2.05) is 6.92 Å². The standard InChI is InChI=1S/C22H23N3O8/c1-3-32-19-7-5-4-6-18(19)24-12-14(10-21(24)27)22(28)33-13-20(26)23-16-11-15(31-2)8-9-17(16)25(29)30/h4-9,11,14H,3,10,12-13H2,1-2H3,(H,23,26)/t14-/m1/s1. The zero-order valence-electron chi connectivity index (χ0n) is 18.1. The summed E-state index contributed by atoms with van der Waals surface area (Å²) in [5.74, 6) is -1.66. The number of nitro benzene ring substituents is 1. The molecule has 0 saturated carbocycles. The van der Waals surface area contributed by atoms with Crippen LogP contribution in [0.15, 0.2) is 42.5 Å². The van der Waals surface area contributed by atoms with Gasteiger partial charge >= 0.3 is 5.97 Å². The van der Waals surface area contributed by atoms with Crippen molar-refractivity contribution in [1.29, 1.82) is 0 Å². The van der Waals surface area contributed by atoms with Gasteiger partial charge in [-0.25, -0.2) is 0 Å². The second kappa shape index (κ2) is 10.4. The highest BCUT2D eigenvalue weighted by atomic mass is 16.6. The van der Waals surface area contributed by atoms with E-state index in [0.717, 1.165) is 0 Å². The SMILES string of the molecule is CCOc1ccccc1N1C[C@H](C(=O)OCC(=O)Nc2cc(OC)ccc2[N+](=O)[O-])CC1=O. The fourth-order valence-electron chi connectivity index (χ4n) is 3.40. The third-order valence-corrected chi connectivity index (χ3v) is 4.93. The summed E-state index contributed by atoms with van der Waals surface area (Å²) in [6.07, 6.45) is -0.0672. The molecule has 33 heavy (non-hydrogen) atoms. The summed E-state index contributed by atoms with van der Waals surface area (Å²) in [7, 11) is 1.38. The number of ether oxygens (including phenoxy) is 3. The van der Waals surface area contributed by atoms with Crippen molar-refractivity contribution < 1.29 is 33.5 Å². The molecule has 1 heterocycles. The summed E-state index contributed by atoms with van der Waals surface area (Å²) in [4.78, 5) is 49.2. The van der Waals surface area contributed by atoms with E-state index in [1.165, 1.54) is 30.2 Å². The number of para-hydroxylation sites is 2. The van der Waals surface area contributed by atoms with Gasteiger partial charge in [0.15, 0.2) is 6.61 Å². The van der Waals surface area contributed by atoms with Crippen LogP contribution in [0.2, 0.25) is 0 Å². The molecule has 174 valence electrons. The monoisotopic (exact) mass is 457 g/mol. The van der Waals surface area contributed by atoms with Crippen LogP contribution in [0.3, 0.4) is 0 Å². The van der Waals surface area contributed by atoms with Crippen LogP contribution in [-0.4, -0.2) is 49.6 Å². The van der Waals surface area contributed by atoms with Gasteiger partial charge in [0.05, 0.1) is 30.2 Å². The van der Waals surface area contributed by atoms with E-state index in [2.05, 4.69) is 5.32 Å². The summed E-state index contributed by atoms with van der Waals surface area (Å²) in [6.45, 7) is 1.68. The molecule has 0 radical (unpaired) electrons. The fraction of sp³-hybridized carbons (Fsp3) is 0.318. The quantitative estimate of drug-likeness (QED) is 0.344. The van der Waals surface area contributed by atoms with Gasteiger partial charge in [0.2, 0.25) is 5.91 Å². The Morgan fingerprint density at radius 2 is 2.00 bits per heavy atom. The van der Waals surface area contributed by atoms with Crippen molar-refractivity contribution >= 4 is 34.8 Å². The minimum absolute atomic E-state index is 0.0672. The number of nitro groups is 1. The number of esters is 1.